The Balaban J connectivity index is 1.98. The molecule has 0 spiro atoms. The SMILES string of the molecule is CN(C)CCNC(=O)CN1C(=O)CS[C@H]1c1cccc(F)c1. The molecular weight excluding hydrogens is 305 g/mol. The first-order valence-corrected chi connectivity index (χ1v) is 8.10. The summed E-state index contributed by atoms with van der Waals surface area (Å²) in [5.41, 5.74) is 0.706. The Kier molecular flexibility index (Phi) is 5.79. The quantitative estimate of drug-likeness (QED) is 0.850. The summed E-state index contributed by atoms with van der Waals surface area (Å²) in [4.78, 5) is 27.4. The molecule has 22 heavy (non-hydrogen) atoms. The fourth-order valence-corrected chi connectivity index (χ4v) is 3.37. The van der Waals surface area contributed by atoms with Gasteiger partial charge in [-0.2, -0.15) is 0 Å². The highest BCUT2D eigenvalue weighted by molar-refractivity contribution is 8.00. The van der Waals surface area contributed by atoms with E-state index in [9.17, 15) is 14.0 Å². The molecule has 120 valence electrons. The molecule has 2 rings (SSSR count). The van der Waals surface area contributed by atoms with Crippen LogP contribution in [0.5, 0.6) is 0 Å². The number of thioether (sulfide) groups is 1. The summed E-state index contributed by atoms with van der Waals surface area (Å²) in [6, 6.07) is 6.16. The summed E-state index contributed by atoms with van der Waals surface area (Å²) in [5, 5.41) is 2.48. The van der Waals surface area contributed by atoms with Crippen molar-refractivity contribution in [3.05, 3.63) is 35.6 Å². The van der Waals surface area contributed by atoms with E-state index in [0.717, 1.165) is 6.54 Å². The van der Waals surface area contributed by atoms with Gasteiger partial charge in [0.05, 0.1) is 5.75 Å². The molecule has 1 heterocycles. The highest BCUT2D eigenvalue weighted by Gasteiger charge is 2.34. The van der Waals surface area contributed by atoms with Crippen molar-refractivity contribution in [1.82, 2.24) is 15.1 Å². The third-order valence-corrected chi connectivity index (χ3v) is 4.55. The van der Waals surface area contributed by atoms with E-state index in [0.29, 0.717) is 17.9 Å². The molecule has 0 bridgehead atoms. The first kappa shape index (κ1) is 16.8. The largest absolute Gasteiger partial charge is 0.353 e. The Morgan fingerprint density at radius 1 is 1.50 bits per heavy atom. The van der Waals surface area contributed by atoms with Crippen LogP contribution in [-0.4, -0.2) is 61.1 Å². The number of hydrogen-bond acceptors (Lipinski definition) is 4. The number of carbonyl (C=O) groups is 2. The average Bonchev–Trinajstić information content (AvgIpc) is 2.80. The Bertz CT molecular complexity index is 553. The van der Waals surface area contributed by atoms with E-state index in [4.69, 9.17) is 0 Å². The second-order valence-corrected chi connectivity index (χ2v) is 6.46. The second-order valence-electron chi connectivity index (χ2n) is 5.39. The van der Waals surface area contributed by atoms with Gasteiger partial charge in [0.2, 0.25) is 11.8 Å². The van der Waals surface area contributed by atoms with Crippen molar-refractivity contribution < 1.29 is 14.0 Å². The van der Waals surface area contributed by atoms with Gasteiger partial charge >= 0.3 is 0 Å². The molecule has 2 amide bonds. The Labute approximate surface area is 133 Å². The molecule has 1 N–H and O–H groups in total. The number of carbonyl (C=O) groups excluding carboxylic acids is 2. The molecule has 1 aromatic rings. The van der Waals surface area contributed by atoms with Crippen molar-refractivity contribution in [2.75, 3.05) is 39.5 Å². The van der Waals surface area contributed by atoms with Gasteiger partial charge in [0.25, 0.3) is 0 Å². The van der Waals surface area contributed by atoms with Crippen LogP contribution in [0, 0.1) is 5.82 Å². The number of likely N-dealkylation sites (N-methyl/N-ethyl adjacent to an activating group) is 1. The van der Waals surface area contributed by atoms with Crippen molar-refractivity contribution in [2.24, 2.45) is 0 Å². The fourth-order valence-electron chi connectivity index (χ4n) is 2.19. The van der Waals surface area contributed by atoms with Crippen molar-refractivity contribution in [3.8, 4) is 0 Å². The van der Waals surface area contributed by atoms with Crippen LogP contribution in [0.1, 0.15) is 10.9 Å². The highest BCUT2D eigenvalue weighted by atomic mass is 32.2. The Hall–Kier alpha value is -1.60. The Morgan fingerprint density at radius 3 is 2.95 bits per heavy atom. The van der Waals surface area contributed by atoms with Gasteiger partial charge in [0.15, 0.2) is 0 Å². The monoisotopic (exact) mass is 325 g/mol. The van der Waals surface area contributed by atoms with E-state index in [1.165, 1.54) is 28.8 Å². The molecule has 1 fully saturated rings. The minimum atomic E-state index is -0.340. The van der Waals surface area contributed by atoms with Gasteiger partial charge in [-0.3, -0.25) is 9.59 Å². The summed E-state index contributed by atoms with van der Waals surface area (Å²) < 4.78 is 13.4. The second kappa shape index (κ2) is 7.60. The molecule has 0 saturated carbocycles. The van der Waals surface area contributed by atoms with Gasteiger partial charge in [-0.15, -0.1) is 11.8 Å². The summed E-state index contributed by atoms with van der Waals surface area (Å²) in [5.74, 6) is -0.319. The van der Waals surface area contributed by atoms with Gasteiger partial charge in [0.1, 0.15) is 17.7 Å². The predicted molar refractivity (Wildman–Crippen MR) is 84.9 cm³/mol. The van der Waals surface area contributed by atoms with Crippen LogP contribution in [0.25, 0.3) is 0 Å². The minimum absolute atomic E-state index is 0.000438. The predicted octanol–water partition coefficient (Wildman–Crippen LogP) is 1.08. The first-order chi connectivity index (χ1) is 10.5. The van der Waals surface area contributed by atoms with Crippen molar-refractivity contribution >= 4 is 23.6 Å². The number of hydrogen-bond donors (Lipinski definition) is 1. The van der Waals surface area contributed by atoms with Crippen LogP contribution in [0.15, 0.2) is 24.3 Å². The fraction of sp³-hybridized carbons (Fsp3) is 0.467. The lowest BCUT2D eigenvalue weighted by Gasteiger charge is -2.23. The topological polar surface area (TPSA) is 52.7 Å². The molecule has 0 aliphatic carbocycles. The summed E-state index contributed by atoms with van der Waals surface area (Å²) >= 11 is 1.41. The lowest BCUT2D eigenvalue weighted by atomic mass is 10.2. The van der Waals surface area contributed by atoms with Crippen LogP contribution in [0.3, 0.4) is 0 Å². The smallest absolute Gasteiger partial charge is 0.239 e. The lowest BCUT2D eigenvalue weighted by Crippen LogP contribution is -2.41. The molecule has 1 aliphatic rings. The average molecular weight is 325 g/mol. The van der Waals surface area contributed by atoms with Crippen molar-refractivity contribution in [3.63, 3.8) is 0 Å². The normalized spacial score (nSPS) is 18.1. The van der Waals surface area contributed by atoms with E-state index in [2.05, 4.69) is 5.32 Å². The summed E-state index contributed by atoms with van der Waals surface area (Å²) in [6.07, 6.45) is 0. The molecule has 0 radical (unpaired) electrons. The molecule has 1 atom stereocenters. The minimum Gasteiger partial charge on any atom is -0.353 e. The molecule has 7 heteroatoms. The number of nitrogens with zero attached hydrogens (tertiary/aromatic N) is 2. The zero-order valence-corrected chi connectivity index (χ0v) is 13.5. The van der Waals surface area contributed by atoms with Gasteiger partial charge in [-0.1, -0.05) is 12.1 Å². The Morgan fingerprint density at radius 2 is 2.27 bits per heavy atom. The number of benzene rings is 1. The molecule has 1 aromatic carbocycles. The third kappa shape index (κ3) is 4.45. The van der Waals surface area contributed by atoms with Crippen molar-refractivity contribution in [2.45, 2.75) is 5.37 Å². The third-order valence-electron chi connectivity index (χ3n) is 3.30. The van der Waals surface area contributed by atoms with E-state index < -0.39 is 0 Å². The number of amides is 2. The zero-order chi connectivity index (χ0) is 16.1. The van der Waals surface area contributed by atoms with Gasteiger partial charge in [-0.25, -0.2) is 4.39 Å². The van der Waals surface area contributed by atoms with E-state index >= 15 is 0 Å². The molecule has 0 aromatic heterocycles. The van der Waals surface area contributed by atoms with E-state index in [1.54, 1.807) is 12.1 Å². The molecule has 1 aliphatic heterocycles. The molecule has 1 saturated heterocycles. The van der Waals surface area contributed by atoms with Gasteiger partial charge < -0.3 is 15.1 Å². The van der Waals surface area contributed by atoms with Crippen LogP contribution >= 0.6 is 11.8 Å². The van der Waals surface area contributed by atoms with Crippen LogP contribution in [0.2, 0.25) is 0 Å². The summed E-state index contributed by atoms with van der Waals surface area (Å²) in [7, 11) is 3.85. The standard InChI is InChI=1S/C15H20FN3O2S/c1-18(2)7-6-17-13(20)9-19-14(21)10-22-15(19)11-4-3-5-12(16)8-11/h3-5,8,15H,6-7,9-10H2,1-2H3,(H,17,20)/t15-/m0/s1. The maximum Gasteiger partial charge on any atom is 0.239 e. The highest BCUT2D eigenvalue weighted by Crippen LogP contribution is 2.38. The zero-order valence-electron chi connectivity index (χ0n) is 12.7. The van der Waals surface area contributed by atoms with Crippen LogP contribution < -0.4 is 5.32 Å². The van der Waals surface area contributed by atoms with Gasteiger partial charge in [0, 0.05) is 13.1 Å². The molecule has 5 nitrogen and oxygen atoms in total. The molecule has 0 unspecified atom stereocenters. The lowest BCUT2D eigenvalue weighted by molar-refractivity contribution is -0.133. The van der Waals surface area contributed by atoms with Crippen LogP contribution in [0.4, 0.5) is 4.39 Å². The van der Waals surface area contributed by atoms with Crippen LogP contribution in [-0.2, 0) is 9.59 Å². The van der Waals surface area contributed by atoms with Crippen molar-refractivity contribution in [1.29, 1.82) is 0 Å². The van der Waals surface area contributed by atoms with Gasteiger partial charge in [-0.05, 0) is 31.8 Å². The number of halogens is 1. The maximum absolute atomic E-state index is 13.4. The van der Waals surface area contributed by atoms with E-state index in [1.807, 2.05) is 19.0 Å². The number of rotatable bonds is 6. The number of nitrogens with one attached hydrogen (secondary N) is 1. The summed E-state index contributed by atoms with van der Waals surface area (Å²) in [6.45, 7) is 1.27. The molecular formula is C15H20FN3O2S. The first-order valence-electron chi connectivity index (χ1n) is 7.05. The maximum atomic E-state index is 13.4. The van der Waals surface area contributed by atoms with E-state index in [-0.39, 0.29) is 29.6 Å².